The molecule has 132 valence electrons. The number of carboxylic acid groups (broad SMARTS) is 1. The van der Waals surface area contributed by atoms with Crippen molar-refractivity contribution in [3.63, 3.8) is 0 Å². The first kappa shape index (κ1) is 21.8. The highest BCUT2D eigenvalue weighted by Gasteiger charge is 2.48. The van der Waals surface area contributed by atoms with E-state index in [2.05, 4.69) is 23.3 Å². The van der Waals surface area contributed by atoms with Crippen molar-refractivity contribution in [3.8, 4) is 0 Å². The first-order valence-corrected chi connectivity index (χ1v) is 8.17. The summed E-state index contributed by atoms with van der Waals surface area (Å²) in [4.78, 5) is 42.8. The number of nitrogens with one attached hydrogen (secondary N) is 2. The standard InChI is InChI=1S/C7H13NO3S.C7H11NO2S/c1-4(9)8-5(6(10)11)7(2,3)12;1-4(9)8-5-6(10)11-7(5,2)3/h5,12H,1-3H3,(H,8,9)(H,10,11);5H,1-3H3,(H,8,9)/t2*5-/m00/s1. The number of thiol groups is 1. The molecular formula is C14H24N2O5S2. The fourth-order valence-corrected chi connectivity index (χ4v) is 3.05. The van der Waals surface area contributed by atoms with Gasteiger partial charge in [0.2, 0.25) is 16.9 Å². The van der Waals surface area contributed by atoms with Crippen LogP contribution in [0.15, 0.2) is 0 Å². The van der Waals surface area contributed by atoms with E-state index in [-0.39, 0.29) is 27.7 Å². The Bertz CT molecular complexity index is 500. The maximum Gasteiger partial charge on any atom is 0.327 e. The van der Waals surface area contributed by atoms with Crippen molar-refractivity contribution in [2.75, 3.05) is 0 Å². The zero-order valence-electron chi connectivity index (χ0n) is 14.1. The quantitative estimate of drug-likeness (QED) is 0.550. The largest absolute Gasteiger partial charge is 0.480 e. The van der Waals surface area contributed by atoms with Gasteiger partial charge in [-0.3, -0.25) is 14.4 Å². The highest BCUT2D eigenvalue weighted by molar-refractivity contribution is 8.17. The number of hydrogen-bond donors (Lipinski definition) is 4. The molecule has 2 amide bonds. The maximum atomic E-state index is 10.9. The summed E-state index contributed by atoms with van der Waals surface area (Å²) >= 11 is 5.35. The third-order valence-electron chi connectivity index (χ3n) is 2.94. The van der Waals surface area contributed by atoms with Crippen molar-refractivity contribution in [3.05, 3.63) is 0 Å². The van der Waals surface area contributed by atoms with Crippen molar-refractivity contribution in [2.24, 2.45) is 0 Å². The van der Waals surface area contributed by atoms with Crippen LogP contribution in [0, 0.1) is 0 Å². The van der Waals surface area contributed by atoms with Crippen molar-refractivity contribution >= 4 is 47.3 Å². The summed E-state index contributed by atoms with van der Waals surface area (Å²) in [6.45, 7) is 9.84. The zero-order valence-corrected chi connectivity index (χ0v) is 15.8. The van der Waals surface area contributed by atoms with Gasteiger partial charge in [0.05, 0.1) is 0 Å². The molecule has 23 heavy (non-hydrogen) atoms. The molecule has 1 heterocycles. The Hall–Kier alpha value is -1.22. The second-order valence-electron chi connectivity index (χ2n) is 6.28. The molecular weight excluding hydrogens is 340 g/mol. The van der Waals surface area contributed by atoms with E-state index in [1.165, 1.54) is 25.6 Å². The molecule has 3 N–H and O–H groups in total. The van der Waals surface area contributed by atoms with Gasteiger partial charge in [-0.15, -0.1) is 0 Å². The number of carboxylic acids is 1. The highest BCUT2D eigenvalue weighted by Crippen LogP contribution is 2.41. The lowest BCUT2D eigenvalue weighted by atomic mass is 10.0. The van der Waals surface area contributed by atoms with Crippen LogP contribution in [-0.4, -0.2) is 49.6 Å². The van der Waals surface area contributed by atoms with Crippen LogP contribution in [0.1, 0.15) is 41.5 Å². The summed E-state index contributed by atoms with van der Waals surface area (Å²) < 4.78 is -0.889. The molecule has 0 radical (unpaired) electrons. The number of thioether (sulfide) groups is 1. The Labute approximate surface area is 145 Å². The SMILES string of the molecule is CC(=O)N[C@@H](C(=O)O)C(C)(C)S.CC(=O)N[C@H]1C(=O)SC1(C)C. The normalized spacial score (nSPS) is 20.3. The van der Waals surface area contributed by atoms with E-state index < -0.39 is 16.8 Å². The molecule has 0 unspecified atom stereocenters. The second-order valence-corrected chi connectivity index (χ2v) is 9.09. The van der Waals surface area contributed by atoms with Gasteiger partial charge in [-0.1, -0.05) is 11.8 Å². The van der Waals surface area contributed by atoms with E-state index in [0.717, 1.165) is 0 Å². The van der Waals surface area contributed by atoms with Crippen LogP contribution in [0.25, 0.3) is 0 Å². The molecule has 0 aromatic carbocycles. The van der Waals surface area contributed by atoms with Gasteiger partial charge in [0.15, 0.2) is 0 Å². The maximum absolute atomic E-state index is 10.9. The minimum absolute atomic E-state index is 0.0604. The van der Waals surface area contributed by atoms with E-state index >= 15 is 0 Å². The molecule has 1 saturated heterocycles. The third kappa shape index (κ3) is 7.26. The molecule has 1 fully saturated rings. The molecule has 0 spiro atoms. The van der Waals surface area contributed by atoms with E-state index in [4.69, 9.17) is 5.11 Å². The summed E-state index contributed by atoms with van der Waals surface area (Å²) in [5, 5.41) is 13.7. The van der Waals surface area contributed by atoms with Crippen molar-refractivity contribution < 1.29 is 24.3 Å². The van der Waals surface area contributed by atoms with Gasteiger partial charge >= 0.3 is 5.97 Å². The Balaban J connectivity index is 0.000000422. The smallest absolute Gasteiger partial charge is 0.327 e. The van der Waals surface area contributed by atoms with Crippen molar-refractivity contribution in [1.29, 1.82) is 0 Å². The van der Waals surface area contributed by atoms with Gasteiger partial charge in [0.1, 0.15) is 12.1 Å². The lowest BCUT2D eigenvalue weighted by Crippen LogP contribution is -2.59. The molecule has 9 heteroatoms. The van der Waals surface area contributed by atoms with Crippen LogP contribution in [0.5, 0.6) is 0 Å². The monoisotopic (exact) mass is 364 g/mol. The number of aliphatic carboxylic acids is 1. The molecule has 2 atom stereocenters. The minimum Gasteiger partial charge on any atom is -0.480 e. The Kier molecular flexibility index (Phi) is 7.62. The molecule has 1 aliphatic heterocycles. The van der Waals surface area contributed by atoms with Crippen LogP contribution in [-0.2, 0) is 19.2 Å². The minimum atomic E-state index is -1.08. The Morgan fingerprint density at radius 1 is 1.26 bits per heavy atom. The van der Waals surface area contributed by atoms with Crippen LogP contribution in [0.4, 0.5) is 0 Å². The number of rotatable bonds is 4. The topological polar surface area (TPSA) is 113 Å². The first-order valence-electron chi connectivity index (χ1n) is 6.90. The number of hydrogen-bond acceptors (Lipinski definition) is 6. The van der Waals surface area contributed by atoms with Gasteiger partial charge in [-0.2, -0.15) is 12.6 Å². The Morgan fingerprint density at radius 2 is 1.74 bits per heavy atom. The van der Waals surface area contributed by atoms with Gasteiger partial charge in [0, 0.05) is 23.3 Å². The zero-order chi connectivity index (χ0) is 18.6. The molecule has 1 aliphatic rings. The molecule has 7 nitrogen and oxygen atoms in total. The van der Waals surface area contributed by atoms with Gasteiger partial charge in [-0.05, 0) is 27.7 Å². The average molecular weight is 364 g/mol. The van der Waals surface area contributed by atoms with Crippen molar-refractivity contribution in [1.82, 2.24) is 10.6 Å². The van der Waals surface area contributed by atoms with Gasteiger partial charge in [0.25, 0.3) is 0 Å². The van der Waals surface area contributed by atoms with E-state index in [9.17, 15) is 19.2 Å². The average Bonchev–Trinajstić information content (AvgIpc) is 2.31. The van der Waals surface area contributed by atoms with Gasteiger partial charge in [-0.25, -0.2) is 4.79 Å². The lowest BCUT2D eigenvalue weighted by Gasteiger charge is -2.41. The predicted octanol–water partition coefficient (Wildman–Crippen LogP) is 0.827. The molecule has 0 saturated carbocycles. The van der Waals surface area contributed by atoms with E-state index in [1.54, 1.807) is 13.8 Å². The summed E-state index contributed by atoms with van der Waals surface area (Å²) in [6, 6.07) is -1.25. The van der Waals surface area contributed by atoms with Crippen molar-refractivity contribution in [2.45, 2.75) is 63.1 Å². The van der Waals surface area contributed by atoms with Crippen LogP contribution < -0.4 is 10.6 Å². The third-order valence-corrected chi connectivity index (χ3v) is 4.40. The fourth-order valence-electron chi connectivity index (χ4n) is 1.78. The van der Waals surface area contributed by atoms with Crippen LogP contribution in [0.2, 0.25) is 0 Å². The van der Waals surface area contributed by atoms with E-state index in [1.807, 2.05) is 13.8 Å². The molecule has 0 aromatic heterocycles. The second kappa shape index (κ2) is 8.05. The summed E-state index contributed by atoms with van der Waals surface area (Å²) in [7, 11) is 0. The fraction of sp³-hybridized carbons (Fsp3) is 0.714. The highest BCUT2D eigenvalue weighted by atomic mass is 32.2. The summed E-state index contributed by atoms with van der Waals surface area (Å²) in [6.07, 6.45) is 0. The summed E-state index contributed by atoms with van der Waals surface area (Å²) in [5.74, 6) is -1.59. The lowest BCUT2D eigenvalue weighted by molar-refractivity contribution is -0.142. The van der Waals surface area contributed by atoms with E-state index in [0.29, 0.717) is 0 Å². The molecule has 0 bridgehead atoms. The number of carbonyl (C=O) groups excluding carboxylic acids is 3. The molecule has 1 rings (SSSR count). The molecule has 0 aliphatic carbocycles. The van der Waals surface area contributed by atoms with Crippen LogP contribution in [0.3, 0.4) is 0 Å². The summed E-state index contributed by atoms with van der Waals surface area (Å²) in [5.41, 5.74) is 0. The first-order chi connectivity index (χ1) is 10.2. The number of carbonyl (C=O) groups is 4. The number of amides is 2. The van der Waals surface area contributed by atoms with Gasteiger partial charge < -0.3 is 15.7 Å². The van der Waals surface area contributed by atoms with Crippen LogP contribution >= 0.6 is 24.4 Å². The predicted molar refractivity (Wildman–Crippen MR) is 92.6 cm³/mol. The molecule has 0 aromatic rings. The Morgan fingerprint density at radius 3 is 1.87 bits per heavy atom.